The first-order valence-electron chi connectivity index (χ1n) is 32.7. The monoisotopic (exact) mass is 1090 g/mol. The first-order chi connectivity index (χ1) is 39.0. The van der Waals surface area contributed by atoms with Gasteiger partial charge in [-0.3, -0.25) is 14.4 Å². The minimum Gasteiger partial charge on any atom is -0.462 e. The van der Waals surface area contributed by atoms with Gasteiger partial charge in [-0.25, -0.2) is 0 Å². The maximum absolute atomic E-state index is 12.9. The van der Waals surface area contributed by atoms with Gasteiger partial charge in [0.2, 0.25) is 0 Å². The maximum Gasteiger partial charge on any atom is 0.306 e. The first-order valence-corrected chi connectivity index (χ1v) is 32.7. The molecule has 0 aromatic carbocycles. The highest BCUT2D eigenvalue weighted by Crippen LogP contribution is 2.14. The van der Waals surface area contributed by atoms with Gasteiger partial charge in [-0.05, 0) is 135 Å². The van der Waals surface area contributed by atoms with Crippen LogP contribution in [-0.4, -0.2) is 37.2 Å². The Morgan fingerprint density at radius 2 is 0.506 bits per heavy atom. The standard InChI is InChI=1S/C73H120O6/c1-4-7-10-13-16-19-22-25-28-31-33-35-36-38-39-42-45-48-51-54-57-60-63-66-72(75)78-69-70(68-77-71(74)65-62-59-56-53-50-47-44-41-30-27-24-21-18-15-12-9-6-3)79-73(76)67-64-61-58-55-52-49-46-43-40-37-34-32-29-26-23-20-17-14-11-8-5-2/h9,12,18,21-23,25-27,30-34,36,38,40,43-44,47,53,56,70H,4-8,10-11,13-17,19-20,24,28-29,35,37,39,41-42,45-46,48-52,54-55,57-69H2,1-3H3/b12-9-,21-18-,25-22-,26-23-,30-27-,33-31-,34-32-,38-36-,43-40-,47-44-,56-53-. The number of carbonyl (C=O) groups excluding carboxylic acids is 3. The van der Waals surface area contributed by atoms with Gasteiger partial charge in [-0.15, -0.1) is 0 Å². The van der Waals surface area contributed by atoms with Crippen molar-refractivity contribution in [2.75, 3.05) is 13.2 Å². The molecule has 6 nitrogen and oxygen atoms in total. The van der Waals surface area contributed by atoms with Gasteiger partial charge in [-0.1, -0.05) is 270 Å². The topological polar surface area (TPSA) is 78.9 Å². The van der Waals surface area contributed by atoms with Gasteiger partial charge in [-0.2, -0.15) is 0 Å². The zero-order valence-electron chi connectivity index (χ0n) is 51.3. The fourth-order valence-electron chi connectivity index (χ4n) is 8.73. The summed E-state index contributed by atoms with van der Waals surface area (Å²) >= 11 is 0. The molecule has 79 heavy (non-hydrogen) atoms. The summed E-state index contributed by atoms with van der Waals surface area (Å²) in [5.74, 6) is -0.986. The number of rotatable bonds is 58. The van der Waals surface area contributed by atoms with Gasteiger partial charge in [0, 0.05) is 19.3 Å². The van der Waals surface area contributed by atoms with E-state index < -0.39 is 6.10 Å². The molecule has 0 bridgehead atoms. The van der Waals surface area contributed by atoms with E-state index in [4.69, 9.17) is 14.2 Å². The van der Waals surface area contributed by atoms with Gasteiger partial charge in [0.1, 0.15) is 13.2 Å². The molecule has 0 saturated carbocycles. The second kappa shape index (κ2) is 66.1. The molecule has 0 aromatic heterocycles. The largest absolute Gasteiger partial charge is 0.462 e. The summed E-state index contributed by atoms with van der Waals surface area (Å²) in [5, 5.41) is 0. The maximum atomic E-state index is 12.9. The molecular formula is C73H120O6. The van der Waals surface area contributed by atoms with E-state index in [-0.39, 0.29) is 37.5 Å². The lowest BCUT2D eigenvalue weighted by Gasteiger charge is -2.18. The Bertz CT molecular complexity index is 1680. The Labute approximate surface area is 487 Å². The predicted molar refractivity (Wildman–Crippen MR) is 343 cm³/mol. The van der Waals surface area contributed by atoms with Gasteiger partial charge in [0.15, 0.2) is 6.10 Å². The van der Waals surface area contributed by atoms with Gasteiger partial charge in [0.05, 0.1) is 0 Å². The summed E-state index contributed by atoms with van der Waals surface area (Å²) in [6.07, 6.45) is 93.1. The molecule has 448 valence electrons. The Balaban J connectivity index is 4.50. The summed E-state index contributed by atoms with van der Waals surface area (Å²) < 4.78 is 16.9. The average Bonchev–Trinajstić information content (AvgIpc) is 3.45. The van der Waals surface area contributed by atoms with E-state index in [1.807, 2.05) is 0 Å². The molecule has 0 fully saturated rings. The number of ether oxygens (including phenoxy) is 3. The van der Waals surface area contributed by atoms with E-state index in [1.54, 1.807) is 0 Å². The van der Waals surface area contributed by atoms with Gasteiger partial charge < -0.3 is 14.2 Å². The van der Waals surface area contributed by atoms with E-state index >= 15 is 0 Å². The molecule has 0 aliphatic carbocycles. The van der Waals surface area contributed by atoms with Crippen molar-refractivity contribution < 1.29 is 28.6 Å². The minimum atomic E-state index is -0.819. The number of hydrogen-bond donors (Lipinski definition) is 0. The van der Waals surface area contributed by atoms with Crippen molar-refractivity contribution in [3.63, 3.8) is 0 Å². The summed E-state index contributed by atoms with van der Waals surface area (Å²) in [4.78, 5) is 38.4. The van der Waals surface area contributed by atoms with E-state index in [0.717, 1.165) is 122 Å². The highest BCUT2D eigenvalue weighted by molar-refractivity contribution is 5.71. The van der Waals surface area contributed by atoms with Crippen LogP contribution in [-0.2, 0) is 28.6 Å². The number of hydrogen-bond acceptors (Lipinski definition) is 6. The van der Waals surface area contributed by atoms with Crippen LogP contribution in [0.15, 0.2) is 134 Å². The quantitative estimate of drug-likeness (QED) is 0.0261. The Kier molecular flexibility index (Phi) is 62.3. The Morgan fingerprint density at radius 1 is 0.266 bits per heavy atom. The molecule has 0 radical (unpaired) electrons. The number of allylic oxidation sites excluding steroid dienone is 22. The van der Waals surface area contributed by atoms with Crippen LogP contribution in [0.3, 0.4) is 0 Å². The molecular weight excluding hydrogens is 973 g/mol. The van der Waals surface area contributed by atoms with Crippen molar-refractivity contribution in [3.05, 3.63) is 134 Å². The van der Waals surface area contributed by atoms with Crippen molar-refractivity contribution in [1.29, 1.82) is 0 Å². The third-order valence-corrected chi connectivity index (χ3v) is 13.6. The smallest absolute Gasteiger partial charge is 0.306 e. The van der Waals surface area contributed by atoms with Crippen molar-refractivity contribution in [2.45, 2.75) is 297 Å². The van der Waals surface area contributed by atoms with Crippen molar-refractivity contribution >= 4 is 17.9 Å². The highest BCUT2D eigenvalue weighted by Gasteiger charge is 2.19. The Morgan fingerprint density at radius 3 is 0.823 bits per heavy atom. The number of esters is 3. The van der Waals surface area contributed by atoms with E-state index in [9.17, 15) is 14.4 Å². The number of carbonyl (C=O) groups is 3. The summed E-state index contributed by atoms with van der Waals surface area (Å²) in [7, 11) is 0. The summed E-state index contributed by atoms with van der Waals surface area (Å²) in [6, 6.07) is 0. The molecule has 0 aliphatic heterocycles. The summed E-state index contributed by atoms with van der Waals surface area (Å²) in [6.45, 7) is 6.45. The van der Waals surface area contributed by atoms with Crippen LogP contribution in [0, 0.1) is 0 Å². The van der Waals surface area contributed by atoms with E-state index in [2.05, 4.69) is 154 Å². The molecule has 0 aliphatic rings. The molecule has 1 unspecified atom stereocenters. The lowest BCUT2D eigenvalue weighted by molar-refractivity contribution is -0.167. The zero-order valence-corrected chi connectivity index (χ0v) is 51.3. The minimum absolute atomic E-state index is 0.109. The van der Waals surface area contributed by atoms with Crippen LogP contribution in [0.5, 0.6) is 0 Å². The third kappa shape index (κ3) is 64.3. The summed E-state index contributed by atoms with van der Waals surface area (Å²) in [5.41, 5.74) is 0. The van der Waals surface area contributed by atoms with Crippen LogP contribution >= 0.6 is 0 Å². The molecule has 0 aromatic rings. The Hall–Kier alpha value is -4.45. The SMILES string of the molecule is CC/C=C\C/C=C\C/C=C\C/C=C\C/C=C\CCCC(=O)OCC(COC(=O)CCCCCCCCCC/C=C\C/C=C\C/C=C\CCCCCCC)OC(=O)CCCCCCCC/C=C\C/C=C\C/C=C\CCCCCCC. The molecule has 6 heteroatoms. The third-order valence-electron chi connectivity index (χ3n) is 13.6. The fourth-order valence-corrected chi connectivity index (χ4v) is 8.73. The lowest BCUT2D eigenvalue weighted by Crippen LogP contribution is -2.30. The number of unbranched alkanes of at least 4 members (excludes halogenated alkanes) is 25. The molecule has 0 heterocycles. The van der Waals surface area contributed by atoms with Crippen LogP contribution in [0.25, 0.3) is 0 Å². The van der Waals surface area contributed by atoms with Crippen molar-refractivity contribution in [2.24, 2.45) is 0 Å². The van der Waals surface area contributed by atoms with Crippen molar-refractivity contribution in [1.82, 2.24) is 0 Å². The second-order valence-electron chi connectivity index (χ2n) is 21.3. The van der Waals surface area contributed by atoms with Crippen LogP contribution in [0.2, 0.25) is 0 Å². The molecule has 0 saturated heterocycles. The van der Waals surface area contributed by atoms with Gasteiger partial charge in [0.25, 0.3) is 0 Å². The average molecular weight is 1090 g/mol. The van der Waals surface area contributed by atoms with E-state index in [1.165, 1.54) is 122 Å². The predicted octanol–water partition coefficient (Wildman–Crippen LogP) is 22.5. The zero-order chi connectivity index (χ0) is 57.1. The molecule has 0 spiro atoms. The molecule has 0 rings (SSSR count). The highest BCUT2D eigenvalue weighted by atomic mass is 16.6. The normalized spacial score (nSPS) is 13.0. The fraction of sp³-hybridized carbons (Fsp3) is 0.658. The van der Waals surface area contributed by atoms with E-state index in [0.29, 0.717) is 19.3 Å². The first kappa shape index (κ1) is 74.5. The van der Waals surface area contributed by atoms with Crippen molar-refractivity contribution in [3.8, 4) is 0 Å². The molecule has 1 atom stereocenters. The van der Waals surface area contributed by atoms with Gasteiger partial charge >= 0.3 is 17.9 Å². The molecule has 0 amide bonds. The van der Waals surface area contributed by atoms with Crippen LogP contribution in [0.4, 0.5) is 0 Å². The second-order valence-corrected chi connectivity index (χ2v) is 21.3. The lowest BCUT2D eigenvalue weighted by atomic mass is 10.1. The molecule has 0 N–H and O–H groups in total. The van der Waals surface area contributed by atoms with Crippen LogP contribution in [0.1, 0.15) is 290 Å². The van der Waals surface area contributed by atoms with Crippen LogP contribution < -0.4 is 0 Å².